The minimum absolute atomic E-state index is 0.0974. The molecule has 0 spiro atoms. The molecule has 2 heterocycles. The third-order valence-corrected chi connectivity index (χ3v) is 6.80. The lowest BCUT2D eigenvalue weighted by Gasteiger charge is -2.10. The van der Waals surface area contributed by atoms with Crippen molar-refractivity contribution in [3.05, 3.63) is 112 Å². The summed E-state index contributed by atoms with van der Waals surface area (Å²) in [6.45, 7) is 6.42. The van der Waals surface area contributed by atoms with Gasteiger partial charge in [0.2, 0.25) is 0 Å². The third-order valence-electron chi connectivity index (χ3n) is 6.80. The van der Waals surface area contributed by atoms with E-state index in [1.165, 1.54) is 0 Å². The molecule has 0 saturated carbocycles. The molecule has 0 aliphatic carbocycles. The molecule has 0 fully saturated rings. The highest BCUT2D eigenvalue weighted by Crippen LogP contribution is 2.28. The number of aromatic nitrogens is 3. The molecule has 5 aromatic rings. The predicted octanol–water partition coefficient (Wildman–Crippen LogP) is 6.00. The third kappa shape index (κ3) is 5.22. The van der Waals surface area contributed by atoms with Crippen molar-refractivity contribution in [2.45, 2.75) is 40.3 Å². The van der Waals surface area contributed by atoms with Gasteiger partial charge >= 0.3 is 0 Å². The maximum absolute atomic E-state index is 13.1. The van der Waals surface area contributed by atoms with Crippen molar-refractivity contribution in [2.75, 3.05) is 7.11 Å². The summed E-state index contributed by atoms with van der Waals surface area (Å²) in [7, 11) is 1.64. The summed E-state index contributed by atoms with van der Waals surface area (Å²) in [5.41, 5.74) is 9.06. The van der Waals surface area contributed by atoms with Gasteiger partial charge in [-0.3, -0.25) is 4.79 Å². The Balaban J connectivity index is 1.49. The molecule has 0 radical (unpaired) electrons. The molecule has 5 rings (SSSR count). The summed E-state index contributed by atoms with van der Waals surface area (Å²) >= 11 is 0. The van der Waals surface area contributed by atoms with E-state index in [4.69, 9.17) is 9.72 Å². The molecule has 0 aliphatic heterocycles. The molecule has 3 aromatic carbocycles. The van der Waals surface area contributed by atoms with Gasteiger partial charge in [0.1, 0.15) is 5.75 Å². The molecule has 0 aliphatic rings. The monoisotopic (exact) mass is 505 g/mol. The summed E-state index contributed by atoms with van der Waals surface area (Å²) in [6, 6.07) is 23.8. The maximum atomic E-state index is 13.1. The Labute approximate surface area is 222 Å². The van der Waals surface area contributed by atoms with Gasteiger partial charge in [0, 0.05) is 22.9 Å². The lowest BCUT2D eigenvalue weighted by Crippen LogP contribution is -2.05. The first-order valence-electron chi connectivity index (χ1n) is 12.7. The molecule has 192 valence electrons. The molecule has 38 heavy (non-hydrogen) atoms. The van der Waals surface area contributed by atoms with E-state index in [0.717, 1.165) is 55.8 Å². The Morgan fingerprint density at radius 2 is 1.61 bits per heavy atom. The molecule has 2 aromatic heterocycles. The number of rotatable bonds is 8. The molecule has 1 N–H and O–H groups in total. The lowest BCUT2D eigenvalue weighted by molar-refractivity contribution is 0.0993. The SMILES string of the molecule is COc1ccc(Cn2nc(CO)c3ccc(-c4cc(CC(=O)c5cc(C)cc(C)c5)ccc4C)nc32)cc1. The number of aliphatic hydroxyl groups is 1. The van der Waals surface area contributed by atoms with Crippen LogP contribution in [0.3, 0.4) is 0 Å². The highest BCUT2D eigenvalue weighted by atomic mass is 16.5. The van der Waals surface area contributed by atoms with Crippen LogP contribution in [0.5, 0.6) is 5.75 Å². The average Bonchev–Trinajstić information content (AvgIpc) is 3.26. The first-order valence-corrected chi connectivity index (χ1v) is 12.7. The van der Waals surface area contributed by atoms with Crippen molar-refractivity contribution >= 4 is 16.8 Å². The summed E-state index contributed by atoms with van der Waals surface area (Å²) in [4.78, 5) is 18.0. The fraction of sp³-hybridized carbons (Fsp3) is 0.219. The van der Waals surface area contributed by atoms with Crippen molar-refractivity contribution in [1.29, 1.82) is 0 Å². The fourth-order valence-electron chi connectivity index (χ4n) is 4.88. The first-order chi connectivity index (χ1) is 18.3. The Morgan fingerprint density at radius 3 is 2.29 bits per heavy atom. The number of ketones is 1. The number of aryl methyl sites for hydroxylation is 3. The summed E-state index contributed by atoms with van der Waals surface area (Å²) in [5, 5.41) is 15.4. The number of benzene rings is 3. The Hall–Kier alpha value is -4.29. The van der Waals surface area contributed by atoms with E-state index < -0.39 is 0 Å². The quantitative estimate of drug-likeness (QED) is 0.262. The molecule has 0 atom stereocenters. The number of carbonyl (C=O) groups is 1. The average molecular weight is 506 g/mol. The van der Waals surface area contributed by atoms with Crippen LogP contribution in [0, 0.1) is 20.8 Å². The largest absolute Gasteiger partial charge is 0.497 e. The first kappa shape index (κ1) is 25.4. The summed E-state index contributed by atoms with van der Waals surface area (Å²) in [5.74, 6) is 0.891. The van der Waals surface area contributed by atoms with Crippen LogP contribution in [0.1, 0.15) is 43.9 Å². The van der Waals surface area contributed by atoms with Gasteiger partial charge in [-0.25, -0.2) is 9.67 Å². The number of ether oxygens (including phenoxy) is 1. The zero-order valence-corrected chi connectivity index (χ0v) is 22.2. The second-order valence-corrected chi connectivity index (χ2v) is 9.80. The van der Waals surface area contributed by atoms with Crippen LogP contribution in [0.15, 0.2) is 72.8 Å². The molecule has 6 heteroatoms. The van der Waals surface area contributed by atoms with E-state index >= 15 is 0 Å². The number of carbonyl (C=O) groups excluding carboxylic acids is 1. The van der Waals surface area contributed by atoms with Crippen LogP contribution in [0.25, 0.3) is 22.3 Å². The van der Waals surface area contributed by atoms with Crippen LogP contribution >= 0.6 is 0 Å². The highest BCUT2D eigenvalue weighted by Gasteiger charge is 2.15. The van der Waals surface area contributed by atoms with Crippen LogP contribution in [0.2, 0.25) is 0 Å². The molecule has 0 saturated heterocycles. The molecular formula is C32H31N3O3. The van der Waals surface area contributed by atoms with Crippen molar-refractivity contribution < 1.29 is 14.6 Å². The number of hydrogen-bond acceptors (Lipinski definition) is 5. The fourth-order valence-corrected chi connectivity index (χ4v) is 4.88. The van der Waals surface area contributed by atoms with E-state index in [1.807, 2.05) is 86.1 Å². The molecule has 6 nitrogen and oxygen atoms in total. The number of fused-ring (bicyclic) bond motifs is 1. The molecular weight excluding hydrogens is 474 g/mol. The normalized spacial score (nSPS) is 11.2. The molecule has 0 amide bonds. The standard InChI is InChI=1S/C32H31N3O3/c1-20-13-21(2)15-25(14-20)31(37)17-24-6-5-22(3)28(16-24)29-12-11-27-30(19-36)34-35(32(27)33-29)18-23-7-9-26(38-4)10-8-23/h5-16,36H,17-19H2,1-4H3. The van der Waals surface area contributed by atoms with Crippen LogP contribution in [-0.4, -0.2) is 32.8 Å². The number of pyridine rings is 1. The number of Topliss-reactive ketones (excluding diaryl/α,β-unsaturated/α-hetero) is 1. The second-order valence-electron chi connectivity index (χ2n) is 9.80. The van der Waals surface area contributed by atoms with Crippen LogP contribution < -0.4 is 4.74 Å². The predicted molar refractivity (Wildman–Crippen MR) is 150 cm³/mol. The van der Waals surface area contributed by atoms with Crippen LogP contribution in [-0.2, 0) is 19.6 Å². The zero-order valence-electron chi connectivity index (χ0n) is 22.2. The second kappa shape index (κ2) is 10.6. The van der Waals surface area contributed by atoms with Crippen molar-refractivity contribution in [1.82, 2.24) is 14.8 Å². The molecule has 0 unspecified atom stereocenters. The van der Waals surface area contributed by atoms with Gasteiger partial charge in [0.15, 0.2) is 11.4 Å². The van der Waals surface area contributed by atoms with E-state index in [-0.39, 0.29) is 12.4 Å². The van der Waals surface area contributed by atoms with Crippen LogP contribution in [0.4, 0.5) is 0 Å². The number of aliphatic hydroxyl groups excluding tert-OH is 1. The highest BCUT2D eigenvalue weighted by molar-refractivity contribution is 5.98. The van der Waals surface area contributed by atoms with Gasteiger partial charge < -0.3 is 9.84 Å². The number of hydrogen-bond donors (Lipinski definition) is 1. The summed E-state index contributed by atoms with van der Waals surface area (Å²) < 4.78 is 7.10. The smallest absolute Gasteiger partial charge is 0.167 e. The Bertz CT molecular complexity index is 1610. The van der Waals surface area contributed by atoms with Gasteiger partial charge in [0.25, 0.3) is 0 Å². The van der Waals surface area contributed by atoms with Gasteiger partial charge in [0.05, 0.1) is 31.6 Å². The Kier molecular flexibility index (Phi) is 7.07. The van der Waals surface area contributed by atoms with Gasteiger partial charge in [-0.15, -0.1) is 0 Å². The minimum Gasteiger partial charge on any atom is -0.497 e. The summed E-state index contributed by atoms with van der Waals surface area (Å²) in [6.07, 6.45) is 0.322. The van der Waals surface area contributed by atoms with E-state index in [1.54, 1.807) is 7.11 Å². The lowest BCUT2D eigenvalue weighted by atomic mass is 9.96. The van der Waals surface area contributed by atoms with E-state index in [0.29, 0.717) is 24.3 Å². The van der Waals surface area contributed by atoms with Gasteiger partial charge in [-0.05, 0) is 79.9 Å². The molecule has 0 bridgehead atoms. The maximum Gasteiger partial charge on any atom is 0.167 e. The van der Waals surface area contributed by atoms with E-state index in [2.05, 4.69) is 17.2 Å². The van der Waals surface area contributed by atoms with Crippen molar-refractivity contribution in [3.8, 4) is 17.0 Å². The van der Waals surface area contributed by atoms with E-state index in [9.17, 15) is 9.90 Å². The number of methoxy groups -OCH3 is 1. The topological polar surface area (TPSA) is 77.2 Å². The van der Waals surface area contributed by atoms with Gasteiger partial charge in [-0.2, -0.15) is 5.10 Å². The van der Waals surface area contributed by atoms with Crippen molar-refractivity contribution in [3.63, 3.8) is 0 Å². The minimum atomic E-state index is -0.164. The van der Waals surface area contributed by atoms with Gasteiger partial charge in [-0.1, -0.05) is 41.5 Å². The zero-order chi connectivity index (χ0) is 26.8. The number of nitrogens with zero attached hydrogens (tertiary/aromatic N) is 3. The Morgan fingerprint density at radius 1 is 0.895 bits per heavy atom. The van der Waals surface area contributed by atoms with Crippen molar-refractivity contribution in [2.24, 2.45) is 0 Å².